The van der Waals surface area contributed by atoms with E-state index in [9.17, 15) is 8.42 Å². The lowest BCUT2D eigenvalue weighted by Gasteiger charge is -2.14. The Bertz CT molecular complexity index is 648. The van der Waals surface area contributed by atoms with Crippen molar-refractivity contribution < 1.29 is 8.42 Å². The SMILES string of the molecule is CC(Cn1cccn1)Nc1snc(N)c1S(C)(=O)=O. The predicted molar refractivity (Wildman–Crippen MR) is 74.9 cm³/mol. The predicted octanol–water partition coefficient (Wildman–Crippen LogP) is 0.826. The smallest absolute Gasteiger partial charge is 0.182 e. The van der Waals surface area contributed by atoms with Crippen molar-refractivity contribution in [2.24, 2.45) is 0 Å². The zero-order valence-electron chi connectivity index (χ0n) is 10.6. The van der Waals surface area contributed by atoms with E-state index in [1.807, 2.05) is 19.2 Å². The van der Waals surface area contributed by atoms with Crippen molar-refractivity contribution in [3.63, 3.8) is 0 Å². The van der Waals surface area contributed by atoms with Gasteiger partial charge in [0.1, 0.15) is 9.90 Å². The van der Waals surface area contributed by atoms with Crippen LogP contribution < -0.4 is 11.1 Å². The van der Waals surface area contributed by atoms with E-state index >= 15 is 0 Å². The van der Waals surface area contributed by atoms with E-state index in [1.165, 1.54) is 0 Å². The summed E-state index contributed by atoms with van der Waals surface area (Å²) in [6, 6.07) is 1.83. The molecule has 2 aromatic rings. The third kappa shape index (κ3) is 3.24. The van der Waals surface area contributed by atoms with Crippen molar-refractivity contribution >= 4 is 32.2 Å². The highest BCUT2D eigenvalue weighted by atomic mass is 32.2. The molecule has 0 saturated heterocycles. The molecule has 19 heavy (non-hydrogen) atoms. The van der Waals surface area contributed by atoms with E-state index in [4.69, 9.17) is 5.73 Å². The minimum atomic E-state index is -3.39. The highest BCUT2D eigenvalue weighted by Gasteiger charge is 2.22. The van der Waals surface area contributed by atoms with Gasteiger partial charge >= 0.3 is 0 Å². The number of hydrogen-bond donors (Lipinski definition) is 2. The summed E-state index contributed by atoms with van der Waals surface area (Å²) in [7, 11) is -3.39. The molecule has 0 radical (unpaired) electrons. The number of sulfone groups is 1. The largest absolute Gasteiger partial charge is 0.382 e. The van der Waals surface area contributed by atoms with E-state index in [2.05, 4.69) is 14.8 Å². The lowest BCUT2D eigenvalue weighted by atomic mass is 10.3. The molecule has 0 bridgehead atoms. The fourth-order valence-electron chi connectivity index (χ4n) is 1.70. The van der Waals surface area contributed by atoms with Crippen LogP contribution in [0.1, 0.15) is 6.92 Å². The number of nitrogens with one attached hydrogen (secondary N) is 1. The van der Waals surface area contributed by atoms with Gasteiger partial charge in [-0.15, -0.1) is 0 Å². The third-order valence-electron chi connectivity index (χ3n) is 2.44. The number of nitrogen functional groups attached to an aromatic ring is 1. The van der Waals surface area contributed by atoms with Crippen molar-refractivity contribution in [1.82, 2.24) is 14.2 Å². The summed E-state index contributed by atoms with van der Waals surface area (Å²) in [5.41, 5.74) is 5.60. The molecule has 1 atom stereocenters. The van der Waals surface area contributed by atoms with Crippen molar-refractivity contribution in [1.29, 1.82) is 0 Å². The van der Waals surface area contributed by atoms with Crippen LogP contribution in [0.5, 0.6) is 0 Å². The minimum absolute atomic E-state index is 0.000231. The quantitative estimate of drug-likeness (QED) is 0.847. The van der Waals surface area contributed by atoms with Gasteiger partial charge in [0.2, 0.25) is 0 Å². The summed E-state index contributed by atoms with van der Waals surface area (Å²) in [5.74, 6) is 0.0429. The fraction of sp³-hybridized carbons (Fsp3) is 0.400. The van der Waals surface area contributed by atoms with Gasteiger partial charge in [-0.1, -0.05) is 0 Å². The van der Waals surface area contributed by atoms with Crippen LogP contribution in [-0.4, -0.2) is 34.9 Å². The van der Waals surface area contributed by atoms with Crippen molar-refractivity contribution in [2.75, 3.05) is 17.3 Å². The Morgan fingerprint density at radius 1 is 1.58 bits per heavy atom. The summed E-state index contributed by atoms with van der Waals surface area (Å²) in [5, 5.41) is 7.68. The fourth-order valence-corrected chi connectivity index (χ4v) is 3.87. The standard InChI is InChI=1S/C10H15N5O2S2/c1-7(6-15-5-3-4-12-15)13-10-8(19(2,16)17)9(11)14-18-10/h3-5,7,13H,6H2,1-2H3,(H2,11,14). The average Bonchev–Trinajstić information content (AvgIpc) is 2.87. The molecule has 2 aromatic heterocycles. The Balaban J connectivity index is 2.16. The first kappa shape index (κ1) is 13.8. The molecule has 7 nitrogen and oxygen atoms in total. The second kappa shape index (κ2) is 5.17. The van der Waals surface area contributed by atoms with Gasteiger partial charge in [0.25, 0.3) is 0 Å². The van der Waals surface area contributed by atoms with Crippen molar-refractivity contribution in [2.45, 2.75) is 24.4 Å². The van der Waals surface area contributed by atoms with E-state index in [1.54, 1.807) is 10.9 Å². The highest BCUT2D eigenvalue weighted by Crippen LogP contribution is 2.31. The van der Waals surface area contributed by atoms with E-state index in [0.29, 0.717) is 11.5 Å². The molecular formula is C10H15N5O2S2. The molecule has 0 aliphatic heterocycles. The first-order valence-electron chi connectivity index (χ1n) is 5.57. The molecule has 2 heterocycles. The maximum absolute atomic E-state index is 11.7. The molecule has 3 N–H and O–H groups in total. The number of hydrogen-bond acceptors (Lipinski definition) is 7. The zero-order chi connectivity index (χ0) is 14.0. The molecular weight excluding hydrogens is 286 g/mol. The molecule has 0 aliphatic rings. The van der Waals surface area contributed by atoms with E-state index < -0.39 is 9.84 Å². The Hall–Kier alpha value is -1.61. The van der Waals surface area contributed by atoms with Crippen molar-refractivity contribution in [3.05, 3.63) is 18.5 Å². The van der Waals surface area contributed by atoms with Gasteiger partial charge in [0, 0.05) is 24.7 Å². The molecule has 1 unspecified atom stereocenters. The monoisotopic (exact) mass is 301 g/mol. The molecule has 9 heteroatoms. The normalized spacial score (nSPS) is 13.4. The van der Waals surface area contributed by atoms with Crippen LogP contribution in [0.2, 0.25) is 0 Å². The average molecular weight is 301 g/mol. The molecule has 2 rings (SSSR count). The number of rotatable bonds is 5. The topological polar surface area (TPSA) is 103 Å². The second-order valence-corrected chi connectivity index (χ2v) is 7.00. The van der Waals surface area contributed by atoms with Crippen LogP contribution in [0.25, 0.3) is 0 Å². The summed E-state index contributed by atoms with van der Waals surface area (Å²) in [6.45, 7) is 2.55. The number of nitrogens with zero attached hydrogens (tertiary/aromatic N) is 3. The molecule has 0 aliphatic carbocycles. The van der Waals surface area contributed by atoms with Crippen LogP contribution in [0.4, 0.5) is 10.8 Å². The van der Waals surface area contributed by atoms with Gasteiger partial charge < -0.3 is 11.1 Å². The van der Waals surface area contributed by atoms with Gasteiger partial charge in [-0.25, -0.2) is 8.42 Å². The van der Waals surface area contributed by atoms with Gasteiger partial charge in [0.15, 0.2) is 15.7 Å². The second-order valence-electron chi connectivity index (χ2n) is 4.27. The molecule has 104 valence electrons. The van der Waals surface area contributed by atoms with Crippen LogP contribution in [-0.2, 0) is 16.4 Å². The first-order valence-corrected chi connectivity index (χ1v) is 8.23. The number of nitrogens with two attached hydrogens (primary N) is 1. The van der Waals surface area contributed by atoms with Crippen LogP contribution >= 0.6 is 11.5 Å². The van der Waals surface area contributed by atoms with E-state index in [0.717, 1.165) is 17.8 Å². The first-order chi connectivity index (χ1) is 8.88. The van der Waals surface area contributed by atoms with Gasteiger partial charge in [-0.3, -0.25) is 4.68 Å². The Morgan fingerprint density at radius 2 is 2.32 bits per heavy atom. The Labute approximate surface area is 115 Å². The summed E-state index contributed by atoms with van der Waals surface area (Å²) < 4.78 is 29.0. The van der Waals surface area contributed by atoms with Gasteiger partial charge in [0.05, 0.1) is 6.54 Å². The number of aromatic nitrogens is 3. The minimum Gasteiger partial charge on any atom is -0.382 e. The Kier molecular flexibility index (Phi) is 3.76. The lowest BCUT2D eigenvalue weighted by molar-refractivity contribution is 0.560. The summed E-state index contributed by atoms with van der Waals surface area (Å²) in [4.78, 5) is 0.0739. The van der Waals surface area contributed by atoms with Crippen LogP contribution in [0, 0.1) is 0 Å². The summed E-state index contributed by atoms with van der Waals surface area (Å²) in [6.07, 6.45) is 4.66. The molecule has 0 aromatic carbocycles. The highest BCUT2D eigenvalue weighted by molar-refractivity contribution is 7.91. The Morgan fingerprint density at radius 3 is 2.89 bits per heavy atom. The molecule has 0 fully saturated rings. The molecule has 0 amide bonds. The molecule has 0 saturated carbocycles. The van der Waals surface area contributed by atoms with Crippen molar-refractivity contribution in [3.8, 4) is 0 Å². The molecule has 0 spiro atoms. The zero-order valence-corrected chi connectivity index (χ0v) is 12.2. The van der Waals surface area contributed by atoms with Gasteiger partial charge in [-0.05, 0) is 24.5 Å². The maximum atomic E-state index is 11.7. The third-order valence-corrected chi connectivity index (χ3v) is 4.52. The van der Waals surface area contributed by atoms with Crippen LogP contribution in [0.15, 0.2) is 23.4 Å². The lowest BCUT2D eigenvalue weighted by Crippen LogP contribution is -2.22. The maximum Gasteiger partial charge on any atom is 0.182 e. The number of anilines is 2. The van der Waals surface area contributed by atoms with Crippen LogP contribution in [0.3, 0.4) is 0 Å². The van der Waals surface area contributed by atoms with Gasteiger partial charge in [-0.2, -0.15) is 9.47 Å². The summed E-state index contributed by atoms with van der Waals surface area (Å²) >= 11 is 1.05. The van der Waals surface area contributed by atoms with E-state index in [-0.39, 0.29) is 16.8 Å².